The van der Waals surface area contributed by atoms with E-state index in [4.69, 9.17) is 5.11 Å². The van der Waals surface area contributed by atoms with E-state index >= 15 is 0 Å². The van der Waals surface area contributed by atoms with Gasteiger partial charge in [0, 0.05) is 16.7 Å². The highest BCUT2D eigenvalue weighted by atomic mass is 127. The molecule has 128 valence electrons. The lowest BCUT2D eigenvalue weighted by Gasteiger charge is -2.11. The second-order valence-electron chi connectivity index (χ2n) is 5.91. The molecule has 0 amide bonds. The van der Waals surface area contributed by atoms with Crippen molar-refractivity contribution in [1.29, 1.82) is 0 Å². The number of rotatable bonds is 5. The number of hydrogen-bond donors (Lipinski definition) is 1. The van der Waals surface area contributed by atoms with Gasteiger partial charge in [-0.2, -0.15) is 0 Å². The maximum atomic E-state index is 12.9. The first-order valence-electron chi connectivity index (χ1n) is 8.14. The van der Waals surface area contributed by atoms with E-state index in [1.807, 2.05) is 61.5 Å². The van der Waals surface area contributed by atoms with Gasteiger partial charge >= 0.3 is 0 Å². The molecule has 0 saturated carbocycles. The normalized spacial score (nSPS) is 11.5. The summed E-state index contributed by atoms with van der Waals surface area (Å²) >= 11 is 2.19. The van der Waals surface area contributed by atoms with Crippen LogP contribution in [0.2, 0.25) is 0 Å². The van der Waals surface area contributed by atoms with E-state index in [9.17, 15) is 4.79 Å². The smallest absolute Gasteiger partial charge is 0.261 e. The van der Waals surface area contributed by atoms with Crippen molar-refractivity contribution in [2.45, 2.75) is 19.9 Å². The summed E-state index contributed by atoms with van der Waals surface area (Å²) in [6.07, 6.45) is 4.33. The average molecular weight is 446 g/mol. The van der Waals surface area contributed by atoms with Crippen molar-refractivity contribution in [2.24, 2.45) is 0 Å². The molecule has 0 radical (unpaired) electrons. The van der Waals surface area contributed by atoms with Gasteiger partial charge in [0.15, 0.2) is 0 Å². The highest BCUT2D eigenvalue weighted by Crippen LogP contribution is 2.15. The molecule has 0 bridgehead atoms. The molecule has 0 spiro atoms. The lowest BCUT2D eigenvalue weighted by atomic mass is 10.1. The maximum absolute atomic E-state index is 12.9. The summed E-state index contributed by atoms with van der Waals surface area (Å²) in [4.78, 5) is 17.5. The Labute approximate surface area is 160 Å². The highest BCUT2D eigenvalue weighted by Gasteiger charge is 2.09. The summed E-state index contributed by atoms with van der Waals surface area (Å²) in [5.41, 5.74) is 2.88. The number of halogens is 1. The van der Waals surface area contributed by atoms with E-state index in [1.165, 1.54) is 5.56 Å². The summed E-state index contributed by atoms with van der Waals surface area (Å²) < 4.78 is 2.64. The van der Waals surface area contributed by atoms with Crippen molar-refractivity contribution in [3.8, 4) is 0 Å². The fraction of sp³-hybridized carbons (Fsp3) is 0.200. The summed E-state index contributed by atoms with van der Waals surface area (Å²) in [6, 6.07) is 13.8. The lowest BCUT2D eigenvalue weighted by Crippen LogP contribution is -2.24. The van der Waals surface area contributed by atoms with Crippen LogP contribution >= 0.6 is 22.6 Å². The first-order valence-corrected chi connectivity index (χ1v) is 9.22. The number of aryl methyl sites for hydroxylation is 1. The fourth-order valence-corrected chi connectivity index (χ4v) is 3.12. The minimum atomic E-state index is -0.0690. The Morgan fingerprint density at radius 1 is 1.16 bits per heavy atom. The number of nitrogens with zero attached hydrogens (tertiary/aromatic N) is 2. The van der Waals surface area contributed by atoms with Crippen LogP contribution in [0.15, 0.2) is 47.3 Å². The Balaban J connectivity index is 2.09. The van der Waals surface area contributed by atoms with E-state index in [-0.39, 0.29) is 12.2 Å². The van der Waals surface area contributed by atoms with Crippen molar-refractivity contribution in [3.63, 3.8) is 0 Å². The highest BCUT2D eigenvalue weighted by molar-refractivity contribution is 14.1. The van der Waals surface area contributed by atoms with Gasteiger partial charge in [0.05, 0.1) is 10.9 Å². The summed E-state index contributed by atoms with van der Waals surface area (Å²) in [5.74, 6) is 0.604. The van der Waals surface area contributed by atoms with Gasteiger partial charge in [-0.1, -0.05) is 35.9 Å². The zero-order valence-corrected chi connectivity index (χ0v) is 16.1. The molecule has 0 unspecified atom stereocenters. The molecule has 0 saturated heterocycles. The standard InChI is InChI=1S/C20H19IN2O2/c1-14-3-5-15(6-4-14)7-10-19-22-18-9-8-16(21)13-17(18)20(25)23(19)11-2-12-24/h3-10,13,24H,2,11-12H2,1H3. The second kappa shape index (κ2) is 7.93. The van der Waals surface area contributed by atoms with Gasteiger partial charge in [-0.25, -0.2) is 4.98 Å². The van der Waals surface area contributed by atoms with E-state index < -0.39 is 0 Å². The van der Waals surface area contributed by atoms with Gasteiger partial charge in [-0.05, 0) is 65.8 Å². The maximum Gasteiger partial charge on any atom is 0.261 e. The SMILES string of the molecule is Cc1ccc(C=Cc2nc3ccc(I)cc3c(=O)n2CCCO)cc1. The van der Waals surface area contributed by atoms with Gasteiger partial charge in [0.25, 0.3) is 5.56 Å². The third-order valence-electron chi connectivity index (χ3n) is 3.99. The first kappa shape index (κ1) is 17.8. The fourth-order valence-electron chi connectivity index (χ4n) is 2.63. The van der Waals surface area contributed by atoms with Crippen molar-refractivity contribution < 1.29 is 5.11 Å². The van der Waals surface area contributed by atoms with Gasteiger partial charge in [-0.3, -0.25) is 9.36 Å². The van der Waals surface area contributed by atoms with Crippen molar-refractivity contribution in [2.75, 3.05) is 6.61 Å². The summed E-state index contributed by atoms with van der Waals surface area (Å²) in [5, 5.41) is 9.75. The second-order valence-corrected chi connectivity index (χ2v) is 7.16. The largest absolute Gasteiger partial charge is 0.396 e. The Morgan fingerprint density at radius 3 is 2.64 bits per heavy atom. The van der Waals surface area contributed by atoms with Crippen LogP contribution in [0.1, 0.15) is 23.4 Å². The van der Waals surface area contributed by atoms with Crippen LogP contribution in [0.4, 0.5) is 0 Å². The summed E-state index contributed by atoms with van der Waals surface area (Å²) in [7, 11) is 0. The molecule has 0 atom stereocenters. The minimum Gasteiger partial charge on any atom is -0.396 e. The van der Waals surface area contributed by atoms with E-state index in [2.05, 4.69) is 27.6 Å². The minimum absolute atomic E-state index is 0.0396. The van der Waals surface area contributed by atoms with Crippen LogP contribution in [0.25, 0.3) is 23.1 Å². The zero-order chi connectivity index (χ0) is 17.8. The van der Waals surface area contributed by atoms with E-state index in [0.29, 0.717) is 29.7 Å². The van der Waals surface area contributed by atoms with Crippen molar-refractivity contribution >= 4 is 45.6 Å². The number of aliphatic hydroxyl groups excluding tert-OH is 1. The third-order valence-corrected chi connectivity index (χ3v) is 4.66. The predicted molar refractivity (Wildman–Crippen MR) is 111 cm³/mol. The number of hydrogen-bond acceptors (Lipinski definition) is 3. The molecule has 2 aromatic carbocycles. The molecular formula is C20H19IN2O2. The van der Waals surface area contributed by atoms with E-state index in [0.717, 1.165) is 9.13 Å². The molecule has 0 aliphatic carbocycles. The summed E-state index contributed by atoms with van der Waals surface area (Å²) in [6.45, 7) is 2.53. The average Bonchev–Trinajstić information content (AvgIpc) is 2.61. The molecule has 4 nitrogen and oxygen atoms in total. The van der Waals surface area contributed by atoms with Gasteiger partial charge in [-0.15, -0.1) is 0 Å². The van der Waals surface area contributed by atoms with Gasteiger partial charge in [0.2, 0.25) is 0 Å². The van der Waals surface area contributed by atoms with Crippen LogP contribution in [0.5, 0.6) is 0 Å². The predicted octanol–water partition coefficient (Wildman–Crippen LogP) is 3.86. The van der Waals surface area contributed by atoms with Crippen LogP contribution < -0.4 is 5.56 Å². The van der Waals surface area contributed by atoms with Crippen LogP contribution in [-0.4, -0.2) is 21.3 Å². The molecule has 5 heteroatoms. The van der Waals surface area contributed by atoms with Crippen LogP contribution in [-0.2, 0) is 6.54 Å². The number of benzene rings is 2. The molecule has 25 heavy (non-hydrogen) atoms. The lowest BCUT2D eigenvalue weighted by molar-refractivity contribution is 0.278. The molecule has 1 aromatic heterocycles. The Hall–Kier alpha value is -1.99. The molecule has 3 rings (SSSR count). The Morgan fingerprint density at radius 2 is 1.92 bits per heavy atom. The van der Waals surface area contributed by atoms with Crippen LogP contribution in [0, 0.1) is 10.5 Å². The number of aromatic nitrogens is 2. The Bertz CT molecular complexity index is 975. The molecular weight excluding hydrogens is 427 g/mol. The monoisotopic (exact) mass is 446 g/mol. The van der Waals surface area contributed by atoms with E-state index in [1.54, 1.807) is 4.57 Å². The first-order chi connectivity index (χ1) is 12.1. The van der Waals surface area contributed by atoms with Gasteiger partial charge < -0.3 is 5.11 Å². The zero-order valence-electron chi connectivity index (χ0n) is 13.9. The molecule has 3 aromatic rings. The number of fused-ring (bicyclic) bond motifs is 1. The molecule has 0 aliphatic heterocycles. The van der Waals surface area contributed by atoms with Crippen molar-refractivity contribution in [3.05, 3.63) is 73.3 Å². The Kier molecular flexibility index (Phi) is 5.65. The molecule has 1 heterocycles. The van der Waals surface area contributed by atoms with Gasteiger partial charge in [0.1, 0.15) is 5.82 Å². The molecule has 0 aliphatic rings. The number of aliphatic hydroxyl groups is 1. The molecule has 1 N–H and O–H groups in total. The third kappa shape index (κ3) is 4.16. The van der Waals surface area contributed by atoms with Crippen molar-refractivity contribution in [1.82, 2.24) is 9.55 Å². The quantitative estimate of drug-likeness (QED) is 0.606. The topological polar surface area (TPSA) is 55.1 Å². The van der Waals surface area contributed by atoms with Crippen LogP contribution in [0.3, 0.4) is 0 Å². The molecule has 0 fully saturated rings.